The summed E-state index contributed by atoms with van der Waals surface area (Å²) in [6.45, 7) is 7.84. The number of hydrogen-bond donors (Lipinski definition) is 1. The van der Waals surface area contributed by atoms with Gasteiger partial charge in [-0.05, 0) is 18.4 Å². The second-order valence-corrected chi connectivity index (χ2v) is 5.73. The Bertz CT molecular complexity index is 598. The van der Waals surface area contributed by atoms with Crippen LogP contribution < -0.4 is 10.6 Å². The number of nitriles is 1. The lowest BCUT2D eigenvalue weighted by Crippen LogP contribution is -2.49. The van der Waals surface area contributed by atoms with Crippen molar-refractivity contribution < 1.29 is 4.92 Å². The minimum Gasteiger partial charge on any atom is -0.369 e. The van der Waals surface area contributed by atoms with Gasteiger partial charge in [0.1, 0.15) is 5.69 Å². The van der Waals surface area contributed by atoms with Crippen molar-refractivity contribution >= 4 is 17.3 Å². The third-order valence-corrected chi connectivity index (χ3v) is 3.39. The molecule has 21 heavy (non-hydrogen) atoms. The monoisotopic (exact) mass is 289 g/mol. The van der Waals surface area contributed by atoms with Crippen LogP contribution in [0.4, 0.5) is 11.4 Å². The molecule has 0 fully saturated rings. The van der Waals surface area contributed by atoms with Gasteiger partial charge in [-0.25, -0.2) is 0 Å². The maximum Gasteiger partial charge on any atom is 0.292 e. The summed E-state index contributed by atoms with van der Waals surface area (Å²) in [5.74, 6) is -0.0609. The van der Waals surface area contributed by atoms with Crippen LogP contribution >= 0.6 is 0 Å². The molecule has 1 unspecified atom stereocenters. The van der Waals surface area contributed by atoms with Crippen LogP contribution in [0.25, 0.3) is 0 Å². The Morgan fingerprint density at radius 1 is 1.48 bits per heavy atom. The Morgan fingerprint density at radius 3 is 2.52 bits per heavy atom. The van der Waals surface area contributed by atoms with Crippen LogP contribution in [0.3, 0.4) is 0 Å². The Balaban J connectivity index is 3.50. The summed E-state index contributed by atoms with van der Waals surface area (Å²) in [6.07, 6.45) is 1.62. The Kier molecular flexibility index (Phi) is 4.87. The molecule has 112 valence electrons. The van der Waals surface area contributed by atoms with Gasteiger partial charge in [0.2, 0.25) is 12.2 Å². The molecule has 1 aromatic carbocycles. The molecule has 0 aliphatic heterocycles. The van der Waals surface area contributed by atoms with E-state index < -0.39 is 4.92 Å². The van der Waals surface area contributed by atoms with Gasteiger partial charge in [0.05, 0.1) is 4.92 Å². The first-order chi connectivity index (χ1) is 9.70. The molecule has 0 bridgehead atoms. The highest BCUT2D eigenvalue weighted by Gasteiger charge is 2.32. The zero-order valence-electron chi connectivity index (χ0n) is 12.6. The molecule has 1 aromatic rings. The van der Waals surface area contributed by atoms with Crippen molar-refractivity contribution in [2.75, 3.05) is 4.90 Å². The maximum atomic E-state index is 11.2. The minimum atomic E-state index is -0.475. The van der Waals surface area contributed by atoms with Crippen molar-refractivity contribution in [1.29, 1.82) is 5.26 Å². The predicted molar refractivity (Wildman–Crippen MR) is 81.7 cm³/mol. The van der Waals surface area contributed by atoms with Crippen molar-refractivity contribution in [2.45, 2.75) is 33.7 Å². The smallest absolute Gasteiger partial charge is 0.292 e. The van der Waals surface area contributed by atoms with Crippen LogP contribution in [-0.2, 0) is 0 Å². The molecule has 7 nitrogen and oxygen atoms in total. The molecule has 0 aromatic heterocycles. The van der Waals surface area contributed by atoms with Crippen molar-refractivity contribution in [2.24, 2.45) is 16.1 Å². The first-order valence-corrected chi connectivity index (χ1v) is 6.45. The number of aliphatic imine (C=N–C) groups is 1. The second kappa shape index (κ2) is 6.22. The molecule has 0 heterocycles. The van der Waals surface area contributed by atoms with Gasteiger partial charge in [0, 0.05) is 12.1 Å². The average molecular weight is 289 g/mol. The summed E-state index contributed by atoms with van der Waals surface area (Å²) in [4.78, 5) is 15.8. The van der Waals surface area contributed by atoms with Crippen LogP contribution in [0, 0.1) is 27.0 Å². The lowest BCUT2D eigenvalue weighted by molar-refractivity contribution is -0.384. The van der Waals surface area contributed by atoms with Crippen LogP contribution in [0.5, 0.6) is 0 Å². The molecular weight excluding hydrogens is 270 g/mol. The predicted octanol–water partition coefficient (Wildman–Crippen LogP) is 2.63. The normalized spacial score (nSPS) is 13.4. The average Bonchev–Trinajstić information content (AvgIpc) is 2.38. The highest BCUT2D eigenvalue weighted by Crippen LogP contribution is 2.34. The highest BCUT2D eigenvalue weighted by molar-refractivity contribution is 5.98. The first-order valence-electron chi connectivity index (χ1n) is 6.45. The van der Waals surface area contributed by atoms with Gasteiger partial charge in [-0.1, -0.05) is 32.9 Å². The second-order valence-electron chi connectivity index (χ2n) is 5.73. The van der Waals surface area contributed by atoms with E-state index >= 15 is 0 Å². The van der Waals surface area contributed by atoms with E-state index in [1.165, 1.54) is 11.0 Å². The number of guanidine groups is 1. The zero-order valence-corrected chi connectivity index (χ0v) is 12.6. The number of hydrogen-bond acceptors (Lipinski definition) is 4. The number of nitro groups is 1. The molecule has 2 N–H and O–H groups in total. The van der Waals surface area contributed by atoms with Gasteiger partial charge in [-0.2, -0.15) is 5.26 Å². The molecule has 7 heteroatoms. The van der Waals surface area contributed by atoms with Crippen LogP contribution in [-0.4, -0.2) is 16.9 Å². The fraction of sp³-hybridized carbons (Fsp3) is 0.429. The number of nitro benzene ring substituents is 1. The largest absolute Gasteiger partial charge is 0.369 e. The van der Waals surface area contributed by atoms with Crippen LogP contribution in [0.15, 0.2) is 29.3 Å². The number of rotatable bonds is 3. The molecule has 0 aliphatic carbocycles. The summed E-state index contributed by atoms with van der Waals surface area (Å²) in [6, 6.07) is 6.07. The lowest BCUT2D eigenvalue weighted by Gasteiger charge is -2.37. The van der Waals surface area contributed by atoms with Crippen molar-refractivity contribution in [1.82, 2.24) is 0 Å². The number of benzene rings is 1. The molecule has 0 radical (unpaired) electrons. The first kappa shape index (κ1) is 16.4. The topological polar surface area (TPSA) is 109 Å². The fourth-order valence-corrected chi connectivity index (χ4v) is 1.85. The SMILES string of the molecule is CC(N(C(N)=NC#N)c1ccccc1[N+](=O)[O-])C(C)(C)C. The minimum absolute atomic E-state index is 0.0609. The van der Waals surface area contributed by atoms with Gasteiger partial charge >= 0.3 is 0 Å². The molecule has 0 aliphatic rings. The summed E-state index contributed by atoms with van der Waals surface area (Å²) in [7, 11) is 0. The summed E-state index contributed by atoms with van der Waals surface area (Å²) in [5.41, 5.74) is 5.88. The van der Waals surface area contributed by atoms with E-state index in [4.69, 9.17) is 11.0 Å². The van der Waals surface area contributed by atoms with Gasteiger partial charge in [0.15, 0.2) is 0 Å². The van der Waals surface area contributed by atoms with Crippen molar-refractivity contribution in [3.8, 4) is 6.19 Å². The van der Waals surface area contributed by atoms with Gasteiger partial charge in [-0.15, -0.1) is 4.99 Å². The highest BCUT2D eigenvalue weighted by atomic mass is 16.6. The quantitative estimate of drug-likeness (QED) is 0.302. The van der Waals surface area contributed by atoms with E-state index in [1.54, 1.807) is 24.4 Å². The third kappa shape index (κ3) is 3.69. The van der Waals surface area contributed by atoms with E-state index in [0.29, 0.717) is 5.69 Å². The zero-order chi connectivity index (χ0) is 16.2. The van der Waals surface area contributed by atoms with E-state index in [9.17, 15) is 10.1 Å². The van der Waals surface area contributed by atoms with Crippen LogP contribution in [0.2, 0.25) is 0 Å². The molecule has 1 rings (SSSR count). The standard InChI is InChI=1S/C14H19N5O2/c1-10(14(2,3)4)18(13(16)17-9-15)11-7-5-6-8-12(11)19(20)21/h5-8,10H,1-4H3,(H2,16,17). The summed E-state index contributed by atoms with van der Waals surface area (Å²) in [5, 5.41) is 19.9. The summed E-state index contributed by atoms with van der Waals surface area (Å²) < 4.78 is 0. The molecule has 0 amide bonds. The fourth-order valence-electron chi connectivity index (χ4n) is 1.85. The number of para-hydroxylation sites is 2. The van der Waals surface area contributed by atoms with Gasteiger partial charge in [0.25, 0.3) is 5.69 Å². The van der Waals surface area contributed by atoms with Gasteiger partial charge < -0.3 is 10.6 Å². The Morgan fingerprint density at radius 2 is 2.05 bits per heavy atom. The number of nitrogens with two attached hydrogens (primary N) is 1. The molecule has 0 spiro atoms. The van der Waals surface area contributed by atoms with Crippen molar-refractivity contribution in [3.05, 3.63) is 34.4 Å². The molecule has 0 saturated carbocycles. The molecular formula is C14H19N5O2. The number of nitrogens with zero attached hydrogens (tertiary/aromatic N) is 4. The third-order valence-electron chi connectivity index (χ3n) is 3.39. The molecule has 1 atom stereocenters. The maximum absolute atomic E-state index is 11.2. The number of anilines is 1. The van der Waals surface area contributed by atoms with Gasteiger partial charge in [-0.3, -0.25) is 10.1 Å². The Labute approximate surface area is 123 Å². The van der Waals surface area contributed by atoms with E-state index in [-0.39, 0.29) is 23.1 Å². The van der Waals surface area contributed by atoms with E-state index in [2.05, 4.69) is 4.99 Å². The van der Waals surface area contributed by atoms with E-state index in [0.717, 1.165) is 0 Å². The van der Waals surface area contributed by atoms with E-state index in [1.807, 2.05) is 27.7 Å². The van der Waals surface area contributed by atoms with Crippen LogP contribution in [0.1, 0.15) is 27.7 Å². The molecule has 0 saturated heterocycles. The Hall–Kier alpha value is -2.62. The lowest BCUT2D eigenvalue weighted by atomic mass is 9.86. The summed E-state index contributed by atoms with van der Waals surface area (Å²) >= 11 is 0. The van der Waals surface area contributed by atoms with Crippen molar-refractivity contribution in [3.63, 3.8) is 0 Å².